The van der Waals surface area contributed by atoms with E-state index >= 15 is 0 Å². The van der Waals surface area contributed by atoms with Gasteiger partial charge in [-0.1, -0.05) is 49.6 Å². The largest absolute Gasteiger partial charge is 0.353 e. The van der Waals surface area contributed by atoms with Gasteiger partial charge in [0.25, 0.3) is 0 Å². The monoisotopic (exact) mass is 451 g/mol. The molecule has 0 bridgehead atoms. The zero-order valence-corrected chi connectivity index (χ0v) is 19.6. The molecule has 1 aliphatic carbocycles. The van der Waals surface area contributed by atoms with Crippen molar-refractivity contribution in [1.82, 2.24) is 15.1 Å². The van der Waals surface area contributed by atoms with Gasteiger partial charge in [0, 0.05) is 50.1 Å². The standard InChI is InChI=1S/C27H37N3O3/c31-25(12-11-21-7-3-1-4-8-21)29-17-13-22(14-18-29)26(32)28-24-15-19-30(20-16-24)27(33)23-9-5-2-6-10-23/h1,3-4,7-8,11-12,22-24H,2,5-6,9-10,13-20H2,(H,28,32)/b12-11+. The number of hydrogen-bond acceptors (Lipinski definition) is 3. The molecule has 4 rings (SSSR count). The molecule has 178 valence electrons. The van der Waals surface area contributed by atoms with Crippen molar-refractivity contribution in [3.05, 3.63) is 42.0 Å². The van der Waals surface area contributed by atoms with Gasteiger partial charge in [-0.15, -0.1) is 0 Å². The van der Waals surface area contributed by atoms with Crippen molar-refractivity contribution in [3.63, 3.8) is 0 Å². The predicted octanol–water partition coefficient (Wildman–Crippen LogP) is 3.63. The summed E-state index contributed by atoms with van der Waals surface area (Å²) in [6.45, 7) is 2.73. The lowest BCUT2D eigenvalue weighted by Crippen LogP contribution is -2.50. The van der Waals surface area contributed by atoms with Gasteiger partial charge in [-0.05, 0) is 50.2 Å². The molecule has 0 atom stereocenters. The molecular formula is C27H37N3O3. The molecule has 0 radical (unpaired) electrons. The highest BCUT2D eigenvalue weighted by molar-refractivity contribution is 5.92. The molecule has 0 aromatic heterocycles. The Morgan fingerprint density at radius 2 is 1.39 bits per heavy atom. The third-order valence-electron chi connectivity index (χ3n) is 7.50. The molecule has 2 saturated heterocycles. The summed E-state index contributed by atoms with van der Waals surface area (Å²) in [5, 5.41) is 3.22. The van der Waals surface area contributed by atoms with E-state index in [-0.39, 0.29) is 29.7 Å². The smallest absolute Gasteiger partial charge is 0.246 e. The number of piperidine rings is 2. The molecule has 33 heavy (non-hydrogen) atoms. The number of rotatable bonds is 5. The zero-order valence-electron chi connectivity index (χ0n) is 19.6. The number of amides is 3. The number of hydrogen-bond donors (Lipinski definition) is 1. The topological polar surface area (TPSA) is 69.7 Å². The quantitative estimate of drug-likeness (QED) is 0.695. The highest BCUT2D eigenvalue weighted by atomic mass is 16.2. The van der Waals surface area contributed by atoms with Crippen LogP contribution in [0.1, 0.15) is 63.4 Å². The summed E-state index contributed by atoms with van der Waals surface area (Å²) in [5.74, 6) is 0.638. The molecule has 2 heterocycles. The fourth-order valence-electron chi connectivity index (χ4n) is 5.37. The van der Waals surface area contributed by atoms with Crippen molar-refractivity contribution in [2.75, 3.05) is 26.2 Å². The number of likely N-dealkylation sites (tertiary alicyclic amines) is 2. The van der Waals surface area contributed by atoms with Crippen LogP contribution >= 0.6 is 0 Å². The van der Waals surface area contributed by atoms with Crippen LogP contribution in [0, 0.1) is 11.8 Å². The predicted molar refractivity (Wildman–Crippen MR) is 129 cm³/mol. The molecule has 0 unspecified atom stereocenters. The van der Waals surface area contributed by atoms with E-state index in [1.54, 1.807) is 6.08 Å². The van der Waals surface area contributed by atoms with Gasteiger partial charge < -0.3 is 15.1 Å². The van der Waals surface area contributed by atoms with Crippen molar-refractivity contribution in [1.29, 1.82) is 0 Å². The maximum Gasteiger partial charge on any atom is 0.246 e. The molecule has 1 saturated carbocycles. The highest BCUT2D eigenvalue weighted by Crippen LogP contribution is 2.27. The van der Waals surface area contributed by atoms with Gasteiger partial charge in [0.2, 0.25) is 17.7 Å². The van der Waals surface area contributed by atoms with Crippen molar-refractivity contribution < 1.29 is 14.4 Å². The Kier molecular flexibility index (Phi) is 8.19. The molecule has 6 nitrogen and oxygen atoms in total. The molecular weight excluding hydrogens is 414 g/mol. The first-order valence-corrected chi connectivity index (χ1v) is 12.7. The maximum absolute atomic E-state index is 12.8. The van der Waals surface area contributed by atoms with E-state index in [1.807, 2.05) is 46.2 Å². The van der Waals surface area contributed by atoms with E-state index in [4.69, 9.17) is 0 Å². The zero-order chi connectivity index (χ0) is 23.0. The normalized spacial score (nSPS) is 21.3. The molecule has 0 spiro atoms. The number of nitrogens with one attached hydrogen (secondary N) is 1. The van der Waals surface area contributed by atoms with Crippen LogP contribution in [0.25, 0.3) is 6.08 Å². The van der Waals surface area contributed by atoms with Crippen LogP contribution < -0.4 is 5.32 Å². The summed E-state index contributed by atoms with van der Waals surface area (Å²) in [4.78, 5) is 41.9. The Labute approximate surface area is 197 Å². The molecule has 6 heteroatoms. The number of benzene rings is 1. The molecule has 3 amide bonds. The average Bonchev–Trinajstić information content (AvgIpc) is 2.88. The van der Waals surface area contributed by atoms with Crippen molar-refractivity contribution in [2.24, 2.45) is 11.8 Å². The van der Waals surface area contributed by atoms with Crippen LogP contribution in [-0.4, -0.2) is 59.7 Å². The summed E-state index contributed by atoms with van der Waals surface area (Å²) in [5.41, 5.74) is 1.01. The van der Waals surface area contributed by atoms with Gasteiger partial charge in [0.15, 0.2) is 0 Å². The SMILES string of the molecule is O=C(NC1CCN(C(=O)C2CCCCC2)CC1)C1CCN(C(=O)/C=C/c2ccccc2)CC1. The third-order valence-corrected chi connectivity index (χ3v) is 7.50. The maximum atomic E-state index is 12.8. The van der Waals surface area contributed by atoms with E-state index in [1.165, 1.54) is 19.3 Å². The number of nitrogens with zero attached hydrogens (tertiary/aromatic N) is 2. The fourth-order valence-corrected chi connectivity index (χ4v) is 5.37. The van der Waals surface area contributed by atoms with Gasteiger partial charge in [-0.2, -0.15) is 0 Å². The summed E-state index contributed by atoms with van der Waals surface area (Å²) >= 11 is 0. The van der Waals surface area contributed by atoms with Gasteiger partial charge in [0.1, 0.15) is 0 Å². The molecule has 1 N–H and O–H groups in total. The number of carbonyl (C=O) groups excluding carboxylic acids is 3. The van der Waals surface area contributed by atoms with Crippen LogP contribution in [0.4, 0.5) is 0 Å². The fraction of sp³-hybridized carbons (Fsp3) is 0.593. The van der Waals surface area contributed by atoms with E-state index in [2.05, 4.69) is 5.32 Å². The second-order valence-electron chi connectivity index (χ2n) is 9.79. The van der Waals surface area contributed by atoms with E-state index in [0.717, 1.165) is 44.3 Å². The average molecular weight is 452 g/mol. The van der Waals surface area contributed by atoms with Crippen LogP contribution in [0.3, 0.4) is 0 Å². The van der Waals surface area contributed by atoms with Crippen LogP contribution in [0.15, 0.2) is 36.4 Å². The Morgan fingerprint density at radius 1 is 0.758 bits per heavy atom. The summed E-state index contributed by atoms with van der Waals surface area (Å²) in [7, 11) is 0. The highest BCUT2D eigenvalue weighted by Gasteiger charge is 2.31. The first-order chi connectivity index (χ1) is 16.1. The summed E-state index contributed by atoms with van der Waals surface area (Å²) in [6.07, 6.45) is 12.2. The lowest BCUT2D eigenvalue weighted by molar-refractivity contribution is -0.138. The Hall–Kier alpha value is -2.63. The summed E-state index contributed by atoms with van der Waals surface area (Å²) < 4.78 is 0. The second-order valence-corrected chi connectivity index (χ2v) is 9.79. The number of carbonyl (C=O) groups is 3. The molecule has 2 aliphatic heterocycles. The van der Waals surface area contributed by atoms with Gasteiger partial charge >= 0.3 is 0 Å². The minimum absolute atomic E-state index is 0.00714. The second kappa shape index (κ2) is 11.5. The Bertz CT molecular complexity index is 831. The Morgan fingerprint density at radius 3 is 2.06 bits per heavy atom. The van der Waals surface area contributed by atoms with Crippen LogP contribution in [0.2, 0.25) is 0 Å². The molecule has 1 aromatic carbocycles. The van der Waals surface area contributed by atoms with E-state index in [9.17, 15) is 14.4 Å². The first kappa shape index (κ1) is 23.5. The molecule has 1 aromatic rings. The van der Waals surface area contributed by atoms with E-state index in [0.29, 0.717) is 31.8 Å². The molecule has 3 aliphatic rings. The van der Waals surface area contributed by atoms with Crippen LogP contribution in [0.5, 0.6) is 0 Å². The van der Waals surface area contributed by atoms with E-state index < -0.39 is 0 Å². The lowest BCUT2D eigenvalue weighted by atomic mass is 9.87. The Balaban J connectivity index is 1.16. The van der Waals surface area contributed by atoms with Gasteiger partial charge in [-0.3, -0.25) is 14.4 Å². The lowest BCUT2D eigenvalue weighted by Gasteiger charge is -2.36. The summed E-state index contributed by atoms with van der Waals surface area (Å²) in [6, 6.07) is 9.95. The van der Waals surface area contributed by atoms with Gasteiger partial charge in [-0.25, -0.2) is 0 Å². The minimum atomic E-state index is -0.0333. The van der Waals surface area contributed by atoms with Crippen LogP contribution in [-0.2, 0) is 14.4 Å². The van der Waals surface area contributed by atoms with Gasteiger partial charge in [0.05, 0.1) is 0 Å². The minimum Gasteiger partial charge on any atom is -0.353 e. The molecule has 3 fully saturated rings. The van der Waals surface area contributed by atoms with Crippen molar-refractivity contribution in [2.45, 2.75) is 63.8 Å². The van der Waals surface area contributed by atoms with Crippen molar-refractivity contribution in [3.8, 4) is 0 Å². The van der Waals surface area contributed by atoms with Crippen molar-refractivity contribution >= 4 is 23.8 Å². The third kappa shape index (κ3) is 6.46. The first-order valence-electron chi connectivity index (χ1n) is 12.7.